The standard InChI is InChI=1S/C19H19N5O2S/c1-11-17(27-12(2)21-11)19(26)24-8-5-14(10-24)18-22-15(9-16(25)23-18)13-3-6-20-7-4-13/h3-4,6-7,9,14H,5,8,10H2,1-2H3,(H,22,23,25). The van der Waals surface area contributed by atoms with Crippen LogP contribution in [0.4, 0.5) is 0 Å². The van der Waals surface area contributed by atoms with Crippen LogP contribution in [-0.4, -0.2) is 43.8 Å². The van der Waals surface area contributed by atoms with Crippen molar-refractivity contribution in [2.45, 2.75) is 26.2 Å². The van der Waals surface area contributed by atoms with Crippen LogP contribution in [-0.2, 0) is 0 Å². The van der Waals surface area contributed by atoms with Crippen molar-refractivity contribution < 1.29 is 4.79 Å². The lowest BCUT2D eigenvalue weighted by Gasteiger charge is -2.16. The molecule has 4 heterocycles. The van der Waals surface area contributed by atoms with Crippen molar-refractivity contribution in [2.24, 2.45) is 0 Å². The molecule has 4 rings (SSSR count). The zero-order valence-electron chi connectivity index (χ0n) is 15.1. The molecule has 1 fully saturated rings. The Morgan fingerprint density at radius 1 is 1.26 bits per heavy atom. The number of aryl methyl sites for hydroxylation is 2. The molecule has 8 heteroatoms. The maximum Gasteiger partial charge on any atom is 0.265 e. The van der Waals surface area contributed by atoms with E-state index in [-0.39, 0.29) is 17.4 Å². The number of pyridine rings is 1. The molecule has 0 saturated carbocycles. The van der Waals surface area contributed by atoms with Crippen LogP contribution in [0.25, 0.3) is 11.3 Å². The summed E-state index contributed by atoms with van der Waals surface area (Å²) in [4.78, 5) is 43.3. The zero-order valence-corrected chi connectivity index (χ0v) is 15.9. The Bertz CT molecular complexity index is 1040. The number of aromatic nitrogens is 4. The van der Waals surface area contributed by atoms with Crippen LogP contribution in [0.3, 0.4) is 0 Å². The van der Waals surface area contributed by atoms with E-state index < -0.39 is 0 Å². The van der Waals surface area contributed by atoms with Crippen LogP contribution < -0.4 is 5.56 Å². The van der Waals surface area contributed by atoms with Crippen molar-refractivity contribution in [1.29, 1.82) is 0 Å². The Hall–Kier alpha value is -2.87. The highest BCUT2D eigenvalue weighted by atomic mass is 32.1. The van der Waals surface area contributed by atoms with Gasteiger partial charge in [-0.2, -0.15) is 0 Å². The number of hydrogen-bond acceptors (Lipinski definition) is 6. The maximum absolute atomic E-state index is 12.8. The van der Waals surface area contributed by atoms with E-state index in [1.807, 2.05) is 30.9 Å². The highest BCUT2D eigenvalue weighted by molar-refractivity contribution is 7.13. The van der Waals surface area contributed by atoms with Crippen LogP contribution in [0.2, 0.25) is 0 Å². The second-order valence-corrected chi connectivity index (χ2v) is 7.84. The smallest absolute Gasteiger partial charge is 0.265 e. The van der Waals surface area contributed by atoms with Gasteiger partial charge in [-0.05, 0) is 32.4 Å². The summed E-state index contributed by atoms with van der Waals surface area (Å²) >= 11 is 1.43. The number of aromatic amines is 1. The lowest BCUT2D eigenvalue weighted by Crippen LogP contribution is -2.28. The Labute approximate surface area is 160 Å². The average Bonchev–Trinajstić information content (AvgIpc) is 3.28. The topological polar surface area (TPSA) is 91.8 Å². The molecule has 3 aromatic rings. The van der Waals surface area contributed by atoms with Crippen molar-refractivity contribution in [3.05, 3.63) is 62.3 Å². The summed E-state index contributed by atoms with van der Waals surface area (Å²) in [5.74, 6) is 0.646. The number of rotatable bonds is 3. The number of hydrogen-bond donors (Lipinski definition) is 1. The first-order chi connectivity index (χ1) is 13.0. The Morgan fingerprint density at radius 3 is 2.74 bits per heavy atom. The van der Waals surface area contributed by atoms with Crippen LogP contribution in [0.15, 0.2) is 35.4 Å². The lowest BCUT2D eigenvalue weighted by atomic mass is 10.1. The minimum atomic E-state index is -0.189. The molecule has 1 aliphatic heterocycles. The number of likely N-dealkylation sites (tertiary alicyclic amines) is 1. The molecule has 7 nitrogen and oxygen atoms in total. The number of nitrogens with one attached hydrogen (secondary N) is 1. The zero-order chi connectivity index (χ0) is 19.0. The predicted molar refractivity (Wildman–Crippen MR) is 103 cm³/mol. The van der Waals surface area contributed by atoms with Crippen LogP contribution in [0.5, 0.6) is 0 Å². The first-order valence-corrected chi connectivity index (χ1v) is 9.58. The van der Waals surface area contributed by atoms with E-state index >= 15 is 0 Å². The van der Waals surface area contributed by atoms with Gasteiger partial charge in [-0.3, -0.25) is 14.6 Å². The van der Waals surface area contributed by atoms with Gasteiger partial charge in [0.15, 0.2) is 0 Å². The predicted octanol–water partition coefficient (Wildman–Crippen LogP) is 2.53. The molecule has 0 spiro atoms. The van der Waals surface area contributed by atoms with E-state index in [0.717, 1.165) is 22.7 Å². The third-order valence-electron chi connectivity index (χ3n) is 4.70. The number of carbonyl (C=O) groups is 1. The lowest BCUT2D eigenvalue weighted by molar-refractivity contribution is 0.0794. The molecular formula is C19H19N5O2S. The van der Waals surface area contributed by atoms with E-state index in [9.17, 15) is 9.59 Å². The van der Waals surface area contributed by atoms with Gasteiger partial charge in [0, 0.05) is 43.0 Å². The van der Waals surface area contributed by atoms with Crippen molar-refractivity contribution in [3.63, 3.8) is 0 Å². The molecule has 0 aromatic carbocycles. The van der Waals surface area contributed by atoms with E-state index in [4.69, 9.17) is 0 Å². The van der Waals surface area contributed by atoms with Crippen molar-refractivity contribution in [3.8, 4) is 11.3 Å². The number of carbonyl (C=O) groups excluding carboxylic acids is 1. The molecule has 138 valence electrons. The first kappa shape index (κ1) is 17.5. The molecule has 0 bridgehead atoms. The van der Waals surface area contributed by atoms with Crippen LogP contribution in [0, 0.1) is 13.8 Å². The fourth-order valence-electron chi connectivity index (χ4n) is 3.38. The fraction of sp³-hybridized carbons (Fsp3) is 0.316. The summed E-state index contributed by atoms with van der Waals surface area (Å²) in [6, 6.07) is 5.13. The minimum absolute atomic E-state index is 0.00763. The molecule has 1 unspecified atom stereocenters. The normalized spacial score (nSPS) is 16.7. The maximum atomic E-state index is 12.8. The van der Waals surface area contributed by atoms with Gasteiger partial charge in [-0.15, -0.1) is 11.3 Å². The van der Waals surface area contributed by atoms with Gasteiger partial charge >= 0.3 is 0 Å². The molecule has 1 amide bonds. The summed E-state index contributed by atoms with van der Waals surface area (Å²) in [5, 5.41) is 0.891. The molecule has 27 heavy (non-hydrogen) atoms. The Morgan fingerprint density at radius 2 is 2.04 bits per heavy atom. The summed E-state index contributed by atoms with van der Waals surface area (Å²) in [7, 11) is 0. The van der Waals surface area contributed by atoms with Gasteiger partial charge in [-0.1, -0.05) is 0 Å². The number of thiazole rings is 1. The van der Waals surface area contributed by atoms with Gasteiger partial charge in [0.1, 0.15) is 10.7 Å². The van der Waals surface area contributed by atoms with Crippen molar-refractivity contribution in [1.82, 2.24) is 24.8 Å². The Balaban J connectivity index is 1.57. The third-order valence-corrected chi connectivity index (χ3v) is 5.76. The van der Waals surface area contributed by atoms with Gasteiger partial charge < -0.3 is 9.88 Å². The van der Waals surface area contributed by atoms with Crippen molar-refractivity contribution in [2.75, 3.05) is 13.1 Å². The van der Waals surface area contributed by atoms with Crippen LogP contribution in [0.1, 0.15) is 38.5 Å². The molecule has 1 aliphatic rings. The second kappa shape index (κ2) is 7.03. The quantitative estimate of drug-likeness (QED) is 0.753. The minimum Gasteiger partial charge on any atom is -0.337 e. The fourth-order valence-corrected chi connectivity index (χ4v) is 4.27. The average molecular weight is 381 g/mol. The molecule has 1 saturated heterocycles. The van der Waals surface area contributed by atoms with E-state index in [1.54, 1.807) is 12.4 Å². The van der Waals surface area contributed by atoms with Gasteiger partial charge in [0.2, 0.25) is 0 Å². The van der Waals surface area contributed by atoms with Gasteiger partial charge in [0.25, 0.3) is 11.5 Å². The molecule has 3 aromatic heterocycles. The summed E-state index contributed by atoms with van der Waals surface area (Å²) in [6.07, 6.45) is 4.12. The van der Waals surface area contributed by atoms with Crippen LogP contribution >= 0.6 is 11.3 Å². The van der Waals surface area contributed by atoms with E-state index in [0.29, 0.717) is 29.5 Å². The van der Waals surface area contributed by atoms with Crippen molar-refractivity contribution >= 4 is 17.2 Å². The molecule has 0 aliphatic carbocycles. The summed E-state index contributed by atoms with van der Waals surface area (Å²) < 4.78 is 0. The molecular weight excluding hydrogens is 362 g/mol. The van der Waals surface area contributed by atoms with E-state index in [1.165, 1.54) is 17.4 Å². The third kappa shape index (κ3) is 3.52. The van der Waals surface area contributed by atoms with Gasteiger partial charge in [0.05, 0.1) is 16.4 Å². The summed E-state index contributed by atoms with van der Waals surface area (Å²) in [6.45, 7) is 4.95. The second-order valence-electron chi connectivity index (χ2n) is 6.64. The number of H-pyrrole nitrogens is 1. The van der Waals surface area contributed by atoms with Gasteiger partial charge in [-0.25, -0.2) is 9.97 Å². The highest BCUT2D eigenvalue weighted by Crippen LogP contribution is 2.28. The Kier molecular flexibility index (Phi) is 4.57. The SMILES string of the molecule is Cc1nc(C)c(C(=O)N2CCC(c3nc(-c4ccncc4)cc(=O)[nH]3)C2)s1. The molecule has 0 radical (unpaired) electrons. The highest BCUT2D eigenvalue weighted by Gasteiger charge is 2.31. The van der Waals surface area contributed by atoms with E-state index in [2.05, 4.69) is 19.9 Å². The number of nitrogens with zero attached hydrogens (tertiary/aromatic N) is 4. The number of amides is 1. The molecule has 1 atom stereocenters. The largest absolute Gasteiger partial charge is 0.337 e. The molecule has 1 N–H and O–H groups in total. The monoisotopic (exact) mass is 381 g/mol. The summed E-state index contributed by atoms with van der Waals surface area (Å²) in [5.41, 5.74) is 2.05. The first-order valence-electron chi connectivity index (χ1n) is 8.76.